The minimum absolute atomic E-state index is 0.107. The molecule has 0 radical (unpaired) electrons. The Labute approximate surface area is 160 Å². The van der Waals surface area contributed by atoms with Gasteiger partial charge in [0.05, 0.1) is 0 Å². The van der Waals surface area contributed by atoms with Crippen LogP contribution < -0.4 is 0 Å². The second kappa shape index (κ2) is 14.1. The van der Waals surface area contributed by atoms with Crippen molar-refractivity contribution in [2.75, 3.05) is 0 Å². The highest BCUT2D eigenvalue weighted by molar-refractivity contribution is 6.20. The molecule has 0 heterocycles. The van der Waals surface area contributed by atoms with Gasteiger partial charge >= 0.3 is 0 Å². The summed E-state index contributed by atoms with van der Waals surface area (Å²) in [5, 5.41) is 0. The fourth-order valence-corrected chi connectivity index (χ4v) is 3.99. The SMILES string of the molecule is CCCCCCCCCCCCCCCC(=O)C1C(=O)CC(C)CC1=O. The summed E-state index contributed by atoms with van der Waals surface area (Å²) in [7, 11) is 0. The molecule has 1 saturated carbocycles. The quantitative estimate of drug-likeness (QED) is 0.256. The topological polar surface area (TPSA) is 51.2 Å². The Morgan fingerprint density at radius 1 is 0.731 bits per heavy atom. The largest absolute Gasteiger partial charge is 0.298 e. The maximum absolute atomic E-state index is 12.2. The zero-order chi connectivity index (χ0) is 19.2. The molecule has 1 aliphatic rings. The molecule has 1 fully saturated rings. The van der Waals surface area contributed by atoms with Crippen molar-refractivity contribution in [2.45, 2.75) is 117 Å². The lowest BCUT2D eigenvalue weighted by Gasteiger charge is -2.22. The summed E-state index contributed by atoms with van der Waals surface area (Å²) in [6.45, 7) is 4.16. The molecule has 0 aromatic rings. The van der Waals surface area contributed by atoms with Crippen LogP contribution in [0.2, 0.25) is 0 Å². The number of hydrogen-bond donors (Lipinski definition) is 0. The van der Waals surface area contributed by atoms with Crippen LogP contribution in [0.4, 0.5) is 0 Å². The number of hydrogen-bond acceptors (Lipinski definition) is 3. The van der Waals surface area contributed by atoms with E-state index >= 15 is 0 Å². The molecule has 3 heteroatoms. The summed E-state index contributed by atoms with van der Waals surface area (Å²) in [6, 6.07) is 0. The second-order valence-electron chi connectivity index (χ2n) is 8.34. The zero-order valence-electron chi connectivity index (χ0n) is 17.2. The monoisotopic (exact) mass is 364 g/mol. The maximum Gasteiger partial charge on any atom is 0.151 e. The number of rotatable bonds is 15. The van der Waals surface area contributed by atoms with Gasteiger partial charge in [0.15, 0.2) is 17.3 Å². The highest BCUT2D eigenvalue weighted by Gasteiger charge is 2.37. The normalized spacial score (nSPS) is 20.5. The third kappa shape index (κ3) is 9.64. The number of Topliss-reactive ketones (excluding diaryl/α,β-unsaturated/α-hetero) is 3. The first-order valence-corrected chi connectivity index (χ1v) is 11.1. The molecule has 0 aliphatic heterocycles. The van der Waals surface area contributed by atoms with Crippen molar-refractivity contribution in [1.29, 1.82) is 0 Å². The number of carbonyl (C=O) groups is 3. The lowest BCUT2D eigenvalue weighted by molar-refractivity contribution is -0.143. The molecule has 0 aromatic heterocycles. The van der Waals surface area contributed by atoms with Crippen LogP contribution in [0.3, 0.4) is 0 Å². The van der Waals surface area contributed by atoms with E-state index in [-0.39, 0.29) is 23.3 Å². The van der Waals surface area contributed by atoms with E-state index in [9.17, 15) is 14.4 Å². The predicted octanol–water partition coefficient (Wildman–Crippen LogP) is 6.22. The average Bonchev–Trinajstić information content (AvgIpc) is 2.58. The minimum atomic E-state index is -0.927. The van der Waals surface area contributed by atoms with Crippen LogP contribution in [0.1, 0.15) is 117 Å². The molecule has 26 heavy (non-hydrogen) atoms. The summed E-state index contributed by atoms with van der Waals surface area (Å²) in [5.41, 5.74) is 0. The van der Waals surface area contributed by atoms with Crippen LogP contribution in [0, 0.1) is 11.8 Å². The van der Waals surface area contributed by atoms with Crippen molar-refractivity contribution in [3.8, 4) is 0 Å². The van der Waals surface area contributed by atoms with E-state index in [2.05, 4.69) is 6.92 Å². The molecule has 150 valence electrons. The molecule has 0 spiro atoms. The first-order chi connectivity index (χ1) is 12.6. The van der Waals surface area contributed by atoms with Crippen LogP contribution in [0.15, 0.2) is 0 Å². The second-order valence-corrected chi connectivity index (χ2v) is 8.34. The highest BCUT2D eigenvalue weighted by Crippen LogP contribution is 2.25. The fourth-order valence-electron chi connectivity index (χ4n) is 3.99. The molecule has 0 saturated heterocycles. The van der Waals surface area contributed by atoms with E-state index < -0.39 is 5.92 Å². The Balaban J connectivity index is 1.95. The van der Waals surface area contributed by atoms with Gasteiger partial charge in [-0.1, -0.05) is 90.9 Å². The fraction of sp³-hybridized carbons (Fsp3) is 0.870. The van der Waals surface area contributed by atoms with Crippen molar-refractivity contribution >= 4 is 17.3 Å². The molecule has 0 amide bonds. The van der Waals surface area contributed by atoms with E-state index in [4.69, 9.17) is 0 Å². The van der Waals surface area contributed by atoms with E-state index in [1.165, 1.54) is 64.2 Å². The van der Waals surface area contributed by atoms with E-state index in [1.807, 2.05) is 6.92 Å². The summed E-state index contributed by atoms with van der Waals surface area (Å²) in [6.07, 6.45) is 17.7. The van der Waals surface area contributed by atoms with Gasteiger partial charge in [-0.3, -0.25) is 14.4 Å². The Morgan fingerprint density at radius 3 is 1.54 bits per heavy atom. The van der Waals surface area contributed by atoms with Crippen LogP contribution in [0.25, 0.3) is 0 Å². The van der Waals surface area contributed by atoms with Crippen LogP contribution >= 0.6 is 0 Å². The van der Waals surface area contributed by atoms with E-state index in [0.717, 1.165) is 19.3 Å². The van der Waals surface area contributed by atoms with Crippen LogP contribution in [0.5, 0.6) is 0 Å². The lowest BCUT2D eigenvalue weighted by atomic mass is 9.78. The summed E-state index contributed by atoms with van der Waals surface area (Å²) in [5.74, 6) is -1.24. The van der Waals surface area contributed by atoms with Gasteiger partial charge in [-0.25, -0.2) is 0 Å². The first kappa shape index (κ1) is 23.0. The highest BCUT2D eigenvalue weighted by atomic mass is 16.2. The summed E-state index contributed by atoms with van der Waals surface area (Å²) in [4.78, 5) is 36.1. The Bertz CT molecular complexity index is 409. The van der Waals surface area contributed by atoms with Gasteiger partial charge in [-0.2, -0.15) is 0 Å². The average molecular weight is 365 g/mol. The van der Waals surface area contributed by atoms with E-state index in [0.29, 0.717) is 19.3 Å². The minimum Gasteiger partial charge on any atom is -0.298 e. The molecule has 0 bridgehead atoms. The third-order valence-electron chi connectivity index (χ3n) is 5.59. The molecular formula is C23H40O3. The van der Waals surface area contributed by atoms with Gasteiger partial charge in [-0.15, -0.1) is 0 Å². The smallest absolute Gasteiger partial charge is 0.151 e. The predicted molar refractivity (Wildman–Crippen MR) is 107 cm³/mol. The van der Waals surface area contributed by atoms with Gasteiger partial charge in [0, 0.05) is 19.3 Å². The molecular weight excluding hydrogens is 324 g/mol. The summed E-state index contributed by atoms with van der Waals surface area (Å²) < 4.78 is 0. The van der Waals surface area contributed by atoms with Gasteiger partial charge < -0.3 is 0 Å². The standard InChI is InChI=1S/C23H40O3/c1-3-4-5-6-7-8-9-10-11-12-13-14-15-16-20(24)23-21(25)17-19(2)18-22(23)26/h19,23H,3-18H2,1-2H3. The molecule has 1 aliphatic carbocycles. The van der Waals surface area contributed by atoms with Crippen LogP contribution in [-0.2, 0) is 14.4 Å². The third-order valence-corrected chi connectivity index (χ3v) is 5.59. The number of carbonyl (C=O) groups excluding carboxylic acids is 3. The lowest BCUT2D eigenvalue weighted by Crippen LogP contribution is -2.37. The van der Waals surface area contributed by atoms with Crippen molar-refractivity contribution in [3.05, 3.63) is 0 Å². The number of ketones is 3. The maximum atomic E-state index is 12.2. The van der Waals surface area contributed by atoms with Gasteiger partial charge in [0.1, 0.15) is 5.92 Å². The van der Waals surface area contributed by atoms with Gasteiger partial charge in [0.2, 0.25) is 0 Å². The summed E-state index contributed by atoms with van der Waals surface area (Å²) >= 11 is 0. The first-order valence-electron chi connectivity index (χ1n) is 11.1. The van der Waals surface area contributed by atoms with Crippen molar-refractivity contribution in [2.24, 2.45) is 11.8 Å². The Hall–Kier alpha value is -0.990. The van der Waals surface area contributed by atoms with Gasteiger partial charge in [-0.05, 0) is 12.3 Å². The van der Waals surface area contributed by atoms with Crippen molar-refractivity contribution in [1.82, 2.24) is 0 Å². The molecule has 1 rings (SSSR count). The molecule has 0 aromatic carbocycles. The molecule has 3 nitrogen and oxygen atoms in total. The Kier molecular flexibility index (Phi) is 12.5. The van der Waals surface area contributed by atoms with Gasteiger partial charge in [0.25, 0.3) is 0 Å². The van der Waals surface area contributed by atoms with Crippen molar-refractivity contribution < 1.29 is 14.4 Å². The number of unbranched alkanes of at least 4 members (excludes halogenated alkanes) is 12. The van der Waals surface area contributed by atoms with E-state index in [1.54, 1.807) is 0 Å². The molecule has 0 atom stereocenters. The molecule has 0 unspecified atom stereocenters. The zero-order valence-corrected chi connectivity index (χ0v) is 17.2. The molecule has 0 N–H and O–H groups in total. The van der Waals surface area contributed by atoms with Crippen molar-refractivity contribution in [3.63, 3.8) is 0 Å². The Morgan fingerprint density at radius 2 is 1.12 bits per heavy atom. The van der Waals surface area contributed by atoms with Crippen LogP contribution in [-0.4, -0.2) is 17.3 Å².